The van der Waals surface area contributed by atoms with Crippen molar-refractivity contribution < 1.29 is 4.74 Å². The first kappa shape index (κ1) is 13.8. The lowest BCUT2D eigenvalue weighted by atomic mass is 9.61. The van der Waals surface area contributed by atoms with E-state index < -0.39 is 0 Å². The van der Waals surface area contributed by atoms with Crippen LogP contribution in [0.1, 0.15) is 33.6 Å². The van der Waals surface area contributed by atoms with Crippen molar-refractivity contribution in [2.24, 2.45) is 5.41 Å². The minimum Gasteiger partial charge on any atom is -0.382 e. The first-order valence-corrected chi connectivity index (χ1v) is 8.26. The molecule has 0 amide bonds. The Balaban J connectivity index is 1.74. The molecule has 1 fully saturated rings. The Kier molecular flexibility index (Phi) is 3.69. The molecule has 1 heterocycles. The van der Waals surface area contributed by atoms with Crippen LogP contribution in [0.2, 0.25) is 0 Å². The molecule has 1 aliphatic rings. The summed E-state index contributed by atoms with van der Waals surface area (Å²) in [6, 6.07) is 6.92. The molecule has 1 aromatic heterocycles. The largest absolute Gasteiger partial charge is 0.382 e. The van der Waals surface area contributed by atoms with E-state index in [2.05, 4.69) is 49.3 Å². The molecule has 3 unspecified atom stereocenters. The van der Waals surface area contributed by atoms with Crippen molar-refractivity contribution in [1.29, 1.82) is 0 Å². The second kappa shape index (κ2) is 5.34. The molecule has 0 spiro atoms. The summed E-state index contributed by atoms with van der Waals surface area (Å²) in [6.45, 7) is 7.47. The lowest BCUT2D eigenvalue weighted by molar-refractivity contribution is -0.109. The van der Waals surface area contributed by atoms with Gasteiger partial charge in [0.05, 0.1) is 21.8 Å². The van der Waals surface area contributed by atoms with Crippen LogP contribution in [0.15, 0.2) is 23.7 Å². The monoisotopic (exact) mass is 290 g/mol. The number of rotatable bonds is 5. The molecule has 1 aromatic carbocycles. The predicted octanol–water partition coefficient (Wildman–Crippen LogP) is 4.30. The maximum Gasteiger partial charge on any atom is 0.0813 e. The van der Waals surface area contributed by atoms with Crippen LogP contribution < -0.4 is 5.32 Å². The molecule has 3 nitrogen and oxygen atoms in total. The van der Waals surface area contributed by atoms with Gasteiger partial charge in [0.25, 0.3) is 0 Å². The molecule has 4 heteroatoms. The number of ether oxygens (including phenoxy) is 1. The van der Waals surface area contributed by atoms with Crippen molar-refractivity contribution in [3.05, 3.63) is 23.7 Å². The van der Waals surface area contributed by atoms with Crippen LogP contribution in [0.3, 0.4) is 0 Å². The van der Waals surface area contributed by atoms with Crippen molar-refractivity contribution in [3.63, 3.8) is 0 Å². The number of hydrogen-bond acceptors (Lipinski definition) is 4. The van der Waals surface area contributed by atoms with Gasteiger partial charge in [0.2, 0.25) is 0 Å². The van der Waals surface area contributed by atoms with Gasteiger partial charge in [-0.2, -0.15) is 0 Å². The number of nitrogens with one attached hydrogen (secondary N) is 1. The maximum absolute atomic E-state index is 5.86. The molecule has 1 N–H and O–H groups in total. The highest BCUT2D eigenvalue weighted by molar-refractivity contribution is 7.16. The van der Waals surface area contributed by atoms with Gasteiger partial charge in [-0.25, -0.2) is 4.98 Å². The van der Waals surface area contributed by atoms with E-state index in [0.717, 1.165) is 25.0 Å². The molecule has 20 heavy (non-hydrogen) atoms. The first-order valence-electron chi connectivity index (χ1n) is 7.38. The van der Waals surface area contributed by atoms with Crippen LogP contribution in [0.5, 0.6) is 0 Å². The van der Waals surface area contributed by atoms with E-state index in [1.807, 2.05) is 5.51 Å². The van der Waals surface area contributed by atoms with Crippen molar-refractivity contribution in [2.75, 3.05) is 11.9 Å². The van der Waals surface area contributed by atoms with Crippen LogP contribution >= 0.6 is 11.3 Å². The Hall–Kier alpha value is -1.13. The zero-order valence-corrected chi connectivity index (χ0v) is 13.2. The average molecular weight is 290 g/mol. The third kappa shape index (κ3) is 2.21. The zero-order valence-electron chi connectivity index (χ0n) is 12.3. The van der Waals surface area contributed by atoms with E-state index in [1.165, 1.54) is 10.4 Å². The highest BCUT2D eigenvalue weighted by atomic mass is 32.1. The van der Waals surface area contributed by atoms with E-state index in [0.29, 0.717) is 12.1 Å². The summed E-state index contributed by atoms with van der Waals surface area (Å²) in [4.78, 5) is 4.33. The fraction of sp³-hybridized carbons (Fsp3) is 0.562. The van der Waals surface area contributed by atoms with Gasteiger partial charge in [0.1, 0.15) is 0 Å². The highest BCUT2D eigenvalue weighted by Crippen LogP contribution is 2.47. The van der Waals surface area contributed by atoms with Crippen LogP contribution in [0.4, 0.5) is 5.69 Å². The summed E-state index contributed by atoms with van der Waals surface area (Å²) in [7, 11) is 0. The van der Waals surface area contributed by atoms with E-state index in [1.54, 1.807) is 11.3 Å². The minimum atomic E-state index is 0.235. The summed E-state index contributed by atoms with van der Waals surface area (Å²) >= 11 is 1.69. The zero-order chi connectivity index (χ0) is 14.2. The predicted molar refractivity (Wildman–Crippen MR) is 85.5 cm³/mol. The number of thiazole rings is 1. The number of hydrogen-bond donors (Lipinski definition) is 1. The number of aromatic nitrogens is 1. The van der Waals surface area contributed by atoms with Gasteiger partial charge in [0, 0.05) is 23.8 Å². The Morgan fingerprint density at radius 3 is 3.05 bits per heavy atom. The fourth-order valence-corrected chi connectivity index (χ4v) is 3.84. The van der Waals surface area contributed by atoms with Gasteiger partial charge in [-0.05, 0) is 38.0 Å². The molecule has 108 valence electrons. The lowest BCUT2D eigenvalue weighted by Crippen LogP contribution is -2.59. The van der Waals surface area contributed by atoms with E-state index in [-0.39, 0.29) is 5.41 Å². The van der Waals surface area contributed by atoms with E-state index in [9.17, 15) is 0 Å². The van der Waals surface area contributed by atoms with E-state index in [4.69, 9.17) is 4.74 Å². The van der Waals surface area contributed by atoms with Crippen LogP contribution in [0.25, 0.3) is 10.2 Å². The van der Waals surface area contributed by atoms with E-state index >= 15 is 0 Å². The van der Waals surface area contributed by atoms with Gasteiger partial charge in [-0.3, -0.25) is 0 Å². The Labute approximate surface area is 124 Å². The topological polar surface area (TPSA) is 34.1 Å². The minimum absolute atomic E-state index is 0.235. The molecule has 3 rings (SSSR count). The smallest absolute Gasteiger partial charge is 0.0813 e. The Morgan fingerprint density at radius 2 is 2.30 bits per heavy atom. The summed E-state index contributed by atoms with van der Waals surface area (Å²) in [5.41, 5.74) is 4.42. The van der Waals surface area contributed by atoms with Gasteiger partial charge >= 0.3 is 0 Å². The Morgan fingerprint density at radius 1 is 1.45 bits per heavy atom. The number of benzene rings is 1. The molecule has 0 radical (unpaired) electrons. The fourth-order valence-electron chi connectivity index (χ4n) is 3.12. The molecule has 3 atom stereocenters. The number of fused-ring (bicyclic) bond motifs is 1. The molecule has 1 saturated carbocycles. The van der Waals surface area contributed by atoms with Crippen LogP contribution in [-0.4, -0.2) is 23.7 Å². The van der Waals surface area contributed by atoms with Gasteiger partial charge < -0.3 is 10.1 Å². The first-order chi connectivity index (χ1) is 9.67. The maximum atomic E-state index is 5.86. The molecular weight excluding hydrogens is 268 g/mol. The van der Waals surface area contributed by atoms with Crippen molar-refractivity contribution in [2.45, 2.75) is 45.8 Å². The second-order valence-corrected chi connectivity index (χ2v) is 6.66. The van der Waals surface area contributed by atoms with Crippen LogP contribution in [-0.2, 0) is 4.74 Å². The molecule has 2 aromatic rings. The second-order valence-electron chi connectivity index (χ2n) is 5.77. The summed E-state index contributed by atoms with van der Waals surface area (Å²) in [5, 5.41) is 3.69. The molecular formula is C16H22N2OS. The standard InChI is InChI=1S/C16H22N2OS/c1-4-16(3)14(9-15(16)19-5-2)18-11-6-7-12-13(8-11)20-10-17-12/h6-8,10,14-15,18H,4-5,9H2,1-3H3. The average Bonchev–Trinajstić information content (AvgIpc) is 2.92. The lowest BCUT2D eigenvalue weighted by Gasteiger charge is -2.54. The molecule has 1 aliphatic carbocycles. The summed E-state index contributed by atoms with van der Waals surface area (Å²) < 4.78 is 7.11. The molecule has 0 bridgehead atoms. The third-order valence-electron chi connectivity index (χ3n) is 4.78. The van der Waals surface area contributed by atoms with Crippen LogP contribution in [0, 0.1) is 5.41 Å². The van der Waals surface area contributed by atoms with Crippen molar-refractivity contribution in [1.82, 2.24) is 4.98 Å². The third-order valence-corrected chi connectivity index (χ3v) is 5.57. The number of anilines is 1. The van der Waals surface area contributed by atoms with Gasteiger partial charge in [-0.15, -0.1) is 11.3 Å². The Bertz CT molecular complexity index is 597. The van der Waals surface area contributed by atoms with Gasteiger partial charge in [0.15, 0.2) is 0 Å². The van der Waals surface area contributed by atoms with Crippen molar-refractivity contribution in [3.8, 4) is 0 Å². The molecule has 0 saturated heterocycles. The van der Waals surface area contributed by atoms with Gasteiger partial charge in [-0.1, -0.05) is 13.8 Å². The highest BCUT2D eigenvalue weighted by Gasteiger charge is 2.51. The number of nitrogens with zero attached hydrogens (tertiary/aromatic N) is 1. The summed E-state index contributed by atoms with van der Waals surface area (Å²) in [6.07, 6.45) is 2.62. The quantitative estimate of drug-likeness (QED) is 0.891. The van der Waals surface area contributed by atoms with Crippen molar-refractivity contribution >= 4 is 27.2 Å². The normalized spacial score (nSPS) is 29.4. The SMILES string of the molecule is CCOC1CC(Nc2ccc3ncsc3c2)C1(C)CC. The molecule has 0 aliphatic heterocycles. The summed E-state index contributed by atoms with van der Waals surface area (Å²) in [5.74, 6) is 0.